The Kier molecular flexibility index (Phi) is 3.51. The van der Waals surface area contributed by atoms with Crippen LogP contribution >= 0.6 is 11.8 Å². The van der Waals surface area contributed by atoms with E-state index in [1.807, 2.05) is 24.4 Å². The van der Waals surface area contributed by atoms with Gasteiger partial charge in [-0.3, -0.25) is 4.57 Å². The summed E-state index contributed by atoms with van der Waals surface area (Å²) < 4.78 is 3.32. The fourth-order valence-electron chi connectivity index (χ4n) is 1.46. The Balaban J connectivity index is 1.90. The van der Waals surface area contributed by atoms with Crippen molar-refractivity contribution in [3.8, 4) is 0 Å². The molecule has 0 spiro atoms. The quantitative estimate of drug-likeness (QED) is 0.756. The molecule has 1 aromatic carbocycles. The third-order valence-corrected chi connectivity index (χ3v) is 3.35. The van der Waals surface area contributed by atoms with Crippen LogP contribution in [-0.2, 0) is 13.6 Å². The second-order valence-electron chi connectivity index (χ2n) is 3.55. The Bertz CT molecular complexity index is 501. The minimum Gasteiger partial charge on any atom is -0.302 e. The van der Waals surface area contributed by atoms with Crippen LogP contribution in [0.2, 0.25) is 0 Å². The van der Waals surface area contributed by atoms with E-state index in [0.29, 0.717) is 0 Å². The smallest absolute Gasteiger partial charge is 0.302 e. The molecule has 0 aliphatic rings. The van der Waals surface area contributed by atoms with Crippen LogP contribution in [0.25, 0.3) is 0 Å². The van der Waals surface area contributed by atoms with E-state index in [9.17, 15) is 4.79 Å². The van der Waals surface area contributed by atoms with Crippen LogP contribution in [0.1, 0.15) is 0 Å². The predicted molar refractivity (Wildman–Crippen MR) is 66.8 cm³/mol. The molecule has 16 heavy (non-hydrogen) atoms. The highest BCUT2D eigenvalue weighted by atomic mass is 32.2. The molecule has 0 saturated carbocycles. The van der Waals surface area contributed by atoms with Crippen molar-refractivity contribution < 1.29 is 0 Å². The molecule has 0 bridgehead atoms. The van der Waals surface area contributed by atoms with Gasteiger partial charge in [0.05, 0.1) is 0 Å². The van der Waals surface area contributed by atoms with E-state index >= 15 is 0 Å². The number of imidazole rings is 1. The molecule has 1 heterocycles. The lowest BCUT2D eigenvalue weighted by Crippen LogP contribution is -2.22. The maximum Gasteiger partial charge on any atom is 0.327 e. The van der Waals surface area contributed by atoms with E-state index in [4.69, 9.17) is 0 Å². The second kappa shape index (κ2) is 5.07. The zero-order valence-electron chi connectivity index (χ0n) is 9.17. The molecule has 0 atom stereocenters. The van der Waals surface area contributed by atoms with Gasteiger partial charge in [0.1, 0.15) is 0 Å². The lowest BCUT2D eigenvalue weighted by molar-refractivity contribution is 0.700. The SMILES string of the molecule is Cn1ccn(CCSc2ccccc2)c1=O. The molecule has 3 nitrogen and oxygen atoms in total. The molecule has 0 radical (unpaired) electrons. The van der Waals surface area contributed by atoms with Gasteiger partial charge in [-0.2, -0.15) is 0 Å². The summed E-state index contributed by atoms with van der Waals surface area (Å²) in [6.07, 6.45) is 3.61. The lowest BCUT2D eigenvalue weighted by atomic mass is 10.4. The third kappa shape index (κ3) is 2.58. The first-order chi connectivity index (χ1) is 7.77. The summed E-state index contributed by atoms with van der Waals surface area (Å²) in [5.74, 6) is 0.911. The third-order valence-electron chi connectivity index (χ3n) is 2.36. The van der Waals surface area contributed by atoms with E-state index in [-0.39, 0.29) is 5.69 Å². The van der Waals surface area contributed by atoms with E-state index < -0.39 is 0 Å². The molecule has 0 saturated heterocycles. The molecular weight excluding hydrogens is 220 g/mol. The summed E-state index contributed by atoms with van der Waals surface area (Å²) in [6.45, 7) is 0.749. The number of nitrogens with zero attached hydrogens (tertiary/aromatic N) is 2. The maximum absolute atomic E-state index is 11.5. The molecule has 0 aliphatic carbocycles. The van der Waals surface area contributed by atoms with Crippen molar-refractivity contribution >= 4 is 11.8 Å². The van der Waals surface area contributed by atoms with E-state index in [1.54, 1.807) is 34.1 Å². The Morgan fingerprint density at radius 1 is 1.19 bits per heavy atom. The molecule has 84 valence electrons. The van der Waals surface area contributed by atoms with Gasteiger partial charge in [-0.15, -0.1) is 11.8 Å². The Morgan fingerprint density at radius 3 is 2.56 bits per heavy atom. The topological polar surface area (TPSA) is 26.9 Å². The number of rotatable bonds is 4. The second-order valence-corrected chi connectivity index (χ2v) is 4.71. The van der Waals surface area contributed by atoms with Crippen molar-refractivity contribution in [3.05, 3.63) is 53.2 Å². The summed E-state index contributed by atoms with van der Waals surface area (Å²) in [5, 5.41) is 0. The van der Waals surface area contributed by atoms with Gasteiger partial charge in [-0.1, -0.05) is 18.2 Å². The van der Waals surface area contributed by atoms with Crippen molar-refractivity contribution in [2.24, 2.45) is 7.05 Å². The number of benzene rings is 1. The largest absolute Gasteiger partial charge is 0.327 e. The van der Waals surface area contributed by atoms with Crippen molar-refractivity contribution in [1.29, 1.82) is 0 Å². The van der Waals surface area contributed by atoms with Gasteiger partial charge in [-0.25, -0.2) is 4.79 Å². The number of hydrogen-bond acceptors (Lipinski definition) is 2. The van der Waals surface area contributed by atoms with Crippen LogP contribution in [-0.4, -0.2) is 14.9 Å². The lowest BCUT2D eigenvalue weighted by Gasteiger charge is -2.01. The monoisotopic (exact) mass is 234 g/mol. The van der Waals surface area contributed by atoms with Crippen molar-refractivity contribution in [1.82, 2.24) is 9.13 Å². The molecule has 1 aromatic heterocycles. The average molecular weight is 234 g/mol. The van der Waals surface area contributed by atoms with Crippen LogP contribution in [0.3, 0.4) is 0 Å². The summed E-state index contributed by atoms with van der Waals surface area (Å²) in [4.78, 5) is 12.8. The number of hydrogen-bond donors (Lipinski definition) is 0. The fraction of sp³-hybridized carbons (Fsp3) is 0.250. The first-order valence-corrected chi connectivity index (χ1v) is 6.15. The highest BCUT2D eigenvalue weighted by Gasteiger charge is 1.99. The Morgan fingerprint density at radius 2 is 1.94 bits per heavy atom. The zero-order valence-corrected chi connectivity index (χ0v) is 9.98. The van der Waals surface area contributed by atoms with E-state index in [0.717, 1.165) is 12.3 Å². The van der Waals surface area contributed by atoms with Gasteiger partial charge in [0, 0.05) is 36.6 Å². The summed E-state index contributed by atoms with van der Waals surface area (Å²) >= 11 is 1.76. The number of aryl methyl sites for hydroxylation is 2. The van der Waals surface area contributed by atoms with Crippen LogP contribution in [0, 0.1) is 0 Å². The molecule has 0 amide bonds. The van der Waals surface area contributed by atoms with Crippen molar-refractivity contribution in [3.63, 3.8) is 0 Å². The highest BCUT2D eigenvalue weighted by molar-refractivity contribution is 7.99. The predicted octanol–water partition coefficient (Wildman–Crippen LogP) is 1.98. The molecule has 0 N–H and O–H groups in total. The van der Waals surface area contributed by atoms with Gasteiger partial charge in [0.25, 0.3) is 0 Å². The minimum atomic E-state index is 0.0497. The molecule has 4 heteroatoms. The summed E-state index contributed by atoms with van der Waals surface area (Å²) in [7, 11) is 1.77. The Labute approximate surface area is 98.7 Å². The van der Waals surface area contributed by atoms with Gasteiger partial charge < -0.3 is 4.57 Å². The zero-order chi connectivity index (χ0) is 11.4. The normalized spacial score (nSPS) is 10.6. The van der Waals surface area contributed by atoms with Crippen molar-refractivity contribution in [2.45, 2.75) is 11.4 Å². The van der Waals surface area contributed by atoms with E-state index in [1.165, 1.54) is 4.90 Å². The Hall–Kier alpha value is -1.42. The van der Waals surface area contributed by atoms with Crippen LogP contribution in [0.4, 0.5) is 0 Å². The molecule has 2 aromatic rings. The average Bonchev–Trinajstić information content (AvgIpc) is 2.62. The summed E-state index contributed by atoms with van der Waals surface area (Å²) in [6, 6.07) is 10.2. The fourth-order valence-corrected chi connectivity index (χ4v) is 2.33. The molecule has 0 unspecified atom stereocenters. The first-order valence-electron chi connectivity index (χ1n) is 5.17. The molecular formula is C12H14N2OS. The van der Waals surface area contributed by atoms with Crippen molar-refractivity contribution in [2.75, 3.05) is 5.75 Å². The molecule has 2 rings (SSSR count). The van der Waals surface area contributed by atoms with Crippen LogP contribution in [0.5, 0.6) is 0 Å². The molecule has 0 aliphatic heterocycles. The van der Waals surface area contributed by atoms with Gasteiger partial charge in [0.15, 0.2) is 0 Å². The maximum atomic E-state index is 11.5. The summed E-state index contributed by atoms with van der Waals surface area (Å²) in [5.41, 5.74) is 0.0497. The number of thioether (sulfide) groups is 1. The highest BCUT2D eigenvalue weighted by Crippen LogP contribution is 2.16. The van der Waals surface area contributed by atoms with Gasteiger partial charge in [-0.05, 0) is 12.1 Å². The minimum absolute atomic E-state index is 0.0497. The number of aromatic nitrogens is 2. The van der Waals surface area contributed by atoms with Crippen LogP contribution in [0.15, 0.2) is 52.4 Å². The van der Waals surface area contributed by atoms with Gasteiger partial charge in [0.2, 0.25) is 0 Å². The first kappa shape index (κ1) is 11.1. The van der Waals surface area contributed by atoms with Gasteiger partial charge >= 0.3 is 5.69 Å². The van der Waals surface area contributed by atoms with Crippen LogP contribution < -0.4 is 5.69 Å². The standard InChI is InChI=1S/C12H14N2OS/c1-13-7-8-14(12(13)15)9-10-16-11-5-3-2-4-6-11/h2-8H,9-10H2,1H3. The van der Waals surface area contributed by atoms with E-state index in [2.05, 4.69) is 12.1 Å². The molecule has 0 fully saturated rings.